The first kappa shape index (κ1) is 18.2. The highest BCUT2D eigenvalue weighted by Gasteiger charge is 2.24. The molecule has 0 aliphatic carbocycles. The van der Waals surface area contributed by atoms with Crippen molar-refractivity contribution in [3.63, 3.8) is 0 Å². The van der Waals surface area contributed by atoms with Crippen molar-refractivity contribution in [3.05, 3.63) is 0 Å². The quantitative estimate of drug-likeness (QED) is 0.470. The Kier molecular flexibility index (Phi) is 6.79. The molecule has 0 spiro atoms. The molecular weight excluding hydrogens is 308 g/mol. The van der Waals surface area contributed by atoms with Crippen LogP contribution in [0.4, 0.5) is 0 Å². The Balaban J connectivity index is 2.66. The predicted octanol–water partition coefficient (Wildman–Crippen LogP) is -1.19. The maximum absolute atomic E-state index is 11.1. The Bertz CT molecular complexity index is 361. The molecule has 0 aromatic heterocycles. The summed E-state index contributed by atoms with van der Waals surface area (Å²) in [4.78, 5) is 41.4. The van der Waals surface area contributed by atoms with Gasteiger partial charge in [-0.25, -0.2) is 0 Å². The lowest BCUT2D eigenvalue weighted by atomic mass is 10.5. The van der Waals surface area contributed by atoms with E-state index in [0.29, 0.717) is 39.3 Å². The van der Waals surface area contributed by atoms with Crippen LogP contribution in [-0.4, -0.2) is 93.2 Å². The molecular formula is C9H23N3O6P2. The molecule has 0 bridgehead atoms. The van der Waals surface area contributed by atoms with Gasteiger partial charge in [0.25, 0.3) is 0 Å². The van der Waals surface area contributed by atoms with Gasteiger partial charge in [-0.2, -0.15) is 0 Å². The van der Waals surface area contributed by atoms with Crippen LogP contribution >= 0.6 is 15.2 Å². The van der Waals surface area contributed by atoms with Crippen LogP contribution in [0, 0.1) is 0 Å². The minimum Gasteiger partial charge on any atom is -0.324 e. The topological polar surface area (TPSA) is 125 Å². The third-order valence-corrected chi connectivity index (χ3v) is 4.63. The zero-order valence-electron chi connectivity index (χ0n) is 11.5. The molecule has 1 rings (SSSR count). The molecule has 1 aliphatic heterocycles. The van der Waals surface area contributed by atoms with E-state index in [4.69, 9.17) is 19.6 Å². The predicted molar refractivity (Wildman–Crippen MR) is 74.5 cm³/mol. The van der Waals surface area contributed by atoms with Gasteiger partial charge in [0.15, 0.2) is 0 Å². The molecule has 0 radical (unpaired) electrons. The van der Waals surface area contributed by atoms with E-state index in [1.54, 1.807) is 9.80 Å². The lowest BCUT2D eigenvalue weighted by molar-refractivity contribution is 0.231. The minimum atomic E-state index is -4.13. The lowest BCUT2D eigenvalue weighted by Crippen LogP contribution is -2.36. The van der Waals surface area contributed by atoms with Gasteiger partial charge in [-0.05, 0) is 7.05 Å². The molecule has 9 nitrogen and oxygen atoms in total. The van der Waals surface area contributed by atoms with E-state index in [1.807, 2.05) is 11.9 Å². The minimum absolute atomic E-state index is 0.329. The van der Waals surface area contributed by atoms with Gasteiger partial charge in [0.1, 0.15) is 12.6 Å². The number of hydrogen-bond acceptors (Lipinski definition) is 5. The van der Waals surface area contributed by atoms with Gasteiger partial charge >= 0.3 is 15.2 Å². The number of nitrogens with zero attached hydrogens (tertiary/aromatic N) is 3. The van der Waals surface area contributed by atoms with E-state index in [0.717, 1.165) is 0 Å². The summed E-state index contributed by atoms with van der Waals surface area (Å²) in [5, 5.41) is 0. The Morgan fingerprint density at radius 1 is 0.750 bits per heavy atom. The van der Waals surface area contributed by atoms with E-state index >= 15 is 0 Å². The summed E-state index contributed by atoms with van der Waals surface area (Å²) >= 11 is 0. The van der Waals surface area contributed by atoms with E-state index in [1.165, 1.54) is 0 Å². The van der Waals surface area contributed by atoms with Crippen LogP contribution in [0.2, 0.25) is 0 Å². The fourth-order valence-corrected chi connectivity index (χ4v) is 3.65. The zero-order chi connectivity index (χ0) is 15.4. The molecule has 0 aromatic rings. The van der Waals surface area contributed by atoms with Gasteiger partial charge < -0.3 is 24.5 Å². The molecule has 4 N–H and O–H groups in total. The molecule has 0 amide bonds. The van der Waals surface area contributed by atoms with Crippen LogP contribution in [0.25, 0.3) is 0 Å². The lowest BCUT2D eigenvalue weighted by Gasteiger charge is -2.25. The molecule has 0 saturated carbocycles. The number of hydrogen-bond donors (Lipinski definition) is 4. The smallest absolute Gasteiger partial charge is 0.324 e. The van der Waals surface area contributed by atoms with Crippen molar-refractivity contribution in [2.75, 3.05) is 58.9 Å². The number of likely N-dealkylation sites (N-methyl/N-ethyl adjacent to an activating group) is 1. The van der Waals surface area contributed by atoms with Gasteiger partial charge in [-0.15, -0.1) is 0 Å². The van der Waals surface area contributed by atoms with Crippen LogP contribution in [0.3, 0.4) is 0 Å². The maximum Gasteiger partial charge on any atom is 0.339 e. The van der Waals surface area contributed by atoms with Crippen molar-refractivity contribution >= 4 is 15.2 Å². The van der Waals surface area contributed by atoms with Crippen LogP contribution in [0.1, 0.15) is 0 Å². The normalized spacial score (nSPS) is 22.2. The Labute approximate surface area is 118 Å². The molecule has 1 fully saturated rings. The van der Waals surface area contributed by atoms with E-state index in [-0.39, 0.29) is 12.6 Å². The number of rotatable bonds is 4. The second kappa shape index (κ2) is 7.45. The van der Waals surface area contributed by atoms with Crippen LogP contribution < -0.4 is 0 Å². The average Bonchev–Trinajstić information content (AvgIpc) is 2.31. The highest BCUT2D eigenvalue weighted by molar-refractivity contribution is 7.51. The summed E-state index contributed by atoms with van der Waals surface area (Å²) in [5.74, 6) is 0. The molecule has 120 valence electrons. The molecule has 1 heterocycles. The SMILES string of the molecule is CN1CCN(CP(=O)(O)O)CCN(CP(=O)(O)O)CC1. The largest absolute Gasteiger partial charge is 0.339 e. The summed E-state index contributed by atoms with van der Waals surface area (Å²) in [6.07, 6.45) is -0.658. The Morgan fingerprint density at radius 2 is 1.05 bits per heavy atom. The van der Waals surface area contributed by atoms with Gasteiger partial charge in [-0.3, -0.25) is 18.9 Å². The van der Waals surface area contributed by atoms with Crippen molar-refractivity contribution in [1.29, 1.82) is 0 Å². The zero-order valence-corrected chi connectivity index (χ0v) is 13.3. The van der Waals surface area contributed by atoms with Crippen LogP contribution in [0.15, 0.2) is 0 Å². The first-order valence-corrected chi connectivity index (χ1v) is 9.87. The van der Waals surface area contributed by atoms with Crippen LogP contribution in [-0.2, 0) is 9.13 Å². The fraction of sp³-hybridized carbons (Fsp3) is 1.00. The van der Waals surface area contributed by atoms with Crippen molar-refractivity contribution in [2.45, 2.75) is 0 Å². The molecule has 11 heteroatoms. The molecule has 0 atom stereocenters. The second-order valence-corrected chi connectivity index (χ2v) is 8.38. The molecule has 1 saturated heterocycles. The molecule has 0 unspecified atom stereocenters. The highest BCUT2D eigenvalue weighted by atomic mass is 31.2. The maximum atomic E-state index is 11.1. The summed E-state index contributed by atoms with van der Waals surface area (Å²) in [6, 6.07) is 0. The summed E-state index contributed by atoms with van der Waals surface area (Å²) in [6.45, 7) is 3.10. The van der Waals surface area contributed by atoms with Gasteiger partial charge in [0.05, 0.1) is 0 Å². The molecule has 1 aliphatic rings. The van der Waals surface area contributed by atoms with Crippen molar-refractivity contribution < 1.29 is 28.7 Å². The molecule has 20 heavy (non-hydrogen) atoms. The fourth-order valence-electron chi connectivity index (χ4n) is 2.05. The van der Waals surface area contributed by atoms with E-state index in [2.05, 4.69) is 0 Å². The Morgan fingerprint density at radius 3 is 1.35 bits per heavy atom. The van der Waals surface area contributed by atoms with E-state index in [9.17, 15) is 9.13 Å². The first-order valence-electron chi connectivity index (χ1n) is 6.27. The highest BCUT2D eigenvalue weighted by Crippen LogP contribution is 2.36. The van der Waals surface area contributed by atoms with Gasteiger partial charge in [0.2, 0.25) is 0 Å². The van der Waals surface area contributed by atoms with Gasteiger partial charge in [-0.1, -0.05) is 0 Å². The summed E-state index contributed by atoms with van der Waals surface area (Å²) in [7, 11) is -6.38. The average molecular weight is 331 g/mol. The third kappa shape index (κ3) is 8.46. The van der Waals surface area contributed by atoms with Crippen molar-refractivity contribution in [2.24, 2.45) is 0 Å². The van der Waals surface area contributed by atoms with Crippen molar-refractivity contribution in [1.82, 2.24) is 14.7 Å². The second-order valence-electron chi connectivity index (χ2n) is 5.15. The standard InChI is InChI=1S/C9H23N3O6P2/c1-10-2-4-11(8-19(13,14)15)6-7-12(5-3-10)9-20(16,17)18/h2-9H2,1H3,(H2,13,14,15)(H2,16,17,18). The summed E-state index contributed by atoms with van der Waals surface area (Å²) in [5.41, 5.74) is 0. The summed E-state index contributed by atoms with van der Waals surface area (Å²) < 4.78 is 22.2. The Hall–Kier alpha value is 0.180. The van der Waals surface area contributed by atoms with Crippen LogP contribution in [0.5, 0.6) is 0 Å². The third-order valence-electron chi connectivity index (χ3n) is 3.10. The van der Waals surface area contributed by atoms with E-state index < -0.39 is 15.2 Å². The van der Waals surface area contributed by atoms with Gasteiger partial charge in [0, 0.05) is 39.3 Å². The van der Waals surface area contributed by atoms with Crippen molar-refractivity contribution in [3.8, 4) is 0 Å². The first-order chi connectivity index (χ1) is 9.05. The molecule has 0 aromatic carbocycles. The monoisotopic (exact) mass is 331 g/mol.